The van der Waals surface area contributed by atoms with Crippen molar-refractivity contribution in [2.45, 2.75) is 17.2 Å². The fourth-order valence-corrected chi connectivity index (χ4v) is 5.55. The molecule has 1 saturated heterocycles. The Morgan fingerprint density at radius 2 is 1.89 bits per heavy atom. The summed E-state index contributed by atoms with van der Waals surface area (Å²) in [6, 6.07) is 10.9. The van der Waals surface area contributed by atoms with Crippen molar-refractivity contribution in [3.63, 3.8) is 0 Å². The molecule has 0 unspecified atom stereocenters. The maximum absolute atomic E-state index is 13.3. The molecule has 182 valence electrons. The Morgan fingerprint density at radius 1 is 1.11 bits per heavy atom. The van der Waals surface area contributed by atoms with Crippen molar-refractivity contribution < 1.29 is 18.1 Å². The van der Waals surface area contributed by atoms with Crippen molar-refractivity contribution in [2.75, 3.05) is 32.8 Å². The number of nitro benzene ring substituents is 1. The molecule has 1 aromatic carbocycles. The second-order valence-electron chi connectivity index (χ2n) is 8.36. The molecule has 0 radical (unpaired) electrons. The van der Waals surface area contributed by atoms with Gasteiger partial charge in [0.2, 0.25) is 0 Å². The molecule has 12 heteroatoms. The number of ether oxygens (including phenoxy) is 1. The Kier molecular flexibility index (Phi) is 6.32. The predicted octanol–water partition coefficient (Wildman–Crippen LogP) is 2.64. The Labute approximate surface area is 201 Å². The summed E-state index contributed by atoms with van der Waals surface area (Å²) in [5.74, 6) is -0.263. The van der Waals surface area contributed by atoms with Crippen LogP contribution in [-0.4, -0.2) is 70.8 Å². The quantitative estimate of drug-likeness (QED) is 0.290. The molecule has 1 N–H and O–H groups in total. The lowest BCUT2D eigenvalue weighted by Crippen LogP contribution is -2.38. The van der Waals surface area contributed by atoms with E-state index in [1.54, 1.807) is 18.5 Å². The number of aromatic amines is 1. The molecule has 0 bridgehead atoms. The summed E-state index contributed by atoms with van der Waals surface area (Å²) in [5, 5.41) is 19.0. The highest BCUT2D eigenvalue weighted by molar-refractivity contribution is 7.90. The van der Waals surface area contributed by atoms with E-state index in [-0.39, 0.29) is 16.3 Å². The number of rotatable bonds is 8. The van der Waals surface area contributed by atoms with Crippen molar-refractivity contribution in [2.24, 2.45) is 0 Å². The first-order chi connectivity index (χ1) is 16.9. The van der Waals surface area contributed by atoms with Gasteiger partial charge in [-0.3, -0.25) is 20.1 Å². The van der Waals surface area contributed by atoms with E-state index in [4.69, 9.17) is 4.74 Å². The molecule has 1 aliphatic rings. The van der Waals surface area contributed by atoms with E-state index in [1.807, 2.05) is 16.7 Å². The number of aromatic nitrogens is 4. The van der Waals surface area contributed by atoms with Gasteiger partial charge in [-0.05, 0) is 23.8 Å². The van der Waals surface area contributed by atoms with Crippen molar-refractivity contribution in [1.82, 2.24) is 24.6 Å². The number of nitrogens with one attached hydrogen (secondary N) is 1. The third-order valence-corrected chi connectivity index (χ3v) is 7.73. The maximum atomic E-state index is 13.3. The van der Waals surface area contributed by atoms with E-state index < -0.39 is 14.8 Å². The molecule has 35 heavy (non-hydrogen) atoms. The number of hydrogen-bond donors (Lipinski definition) is 1. The topological polar surface area (TPSA) is 136 Å². The fraction of sp³-hybridized carbons (Fsp3) is 0.304. The number of nitro groups is 1. The van der Waals surface area contributed by atoms with Crippen LogP contribution in [0.25, 0.3) is 22.4 Å². The van der Waals surface area contributed by atoms with Crippen LogP contribution in [0.1, 0.15) is 5.56 Å². The zero-order valence-electron chi connectivity index (χ0n) is 18.8. The van der Waals surface area contributed by atoms with Gasteiger partial charge in [-0.15, -0.1) is 0 Å². The number of fused-ring (bicyclic) bond motifs is 1. The van der Waals surface area contributed by atoms with Gasteiger partial charge in [0.25, 0.3) is 5.69 Å². The molecule has 1 fully saturated rings. The van der Waals surface area contributed by atoms with E-state index in [0.29, 0.717) is 42.4 Å². The second-order valence-corrected chi connectivity index (χ2v) is 10.4. The summed E-state index contributed by atoms with van der Waals surface area (Å²) in [7, 11) is -3.71. The van der Waals surface area contributed by atoms with E-state index in [2.05, 4.69) is 20.1 Å². The lowest BCUT2D eigenvalue weighted by atomic mass is 10.2. The van der Waals surface area contributed by atoms with Crippen LogP contribution in [0.15, 0.2) is 59.8 Å². The molecule has 0 amide bonds. The number of non-ortho nitro benzene ring substituents is 1. The van der Waals surface area contributed by atoms with Gasteiger partial charge in [0, 0.05) is 56.1 Å². The molecule has 0 saturated carbocycles. The molecule has 3 aromatic heterocycles. The van der Waals surface area contributed by atoms with Crippen LogP contribution < -0.4 is 0 Å². The summed E-state index contributed by atoms with van der Waals surface area (Å²) < 4.78 is 34.0. The van der Waals surface area contributed by atoms with Crippen LogP contribution in [0.5, 0.6) is 0 Å². The third kappa shape index (κ3) is 4.94. The number of sulfone groups is 1. The maximum Gasteiger partial charge on any atom is 0.269 e. The molecule has 4 heterocycles. The Bertz CT molecular complexity index is 1460. The minimum atomic E-state index is -3.71. The summed E-state index contributed by atoms with van der Waals surface area (Å²) in [6.07, 6.45) is 3.31. The summed E-state index contributed by atoms with van der Waals surface area (Å²) in [4.78, 5) is 17.1. The fourth-order valence-electron chi connectivity index (χ4n) is 4.18. The van der Waals surface area contributed by atoms with Crippen LogP contribution in [-0.2, 0) is 26.9 Å². The molecule has 5 rings (SSSR count). The summed E-state index contributed by atoms with van der Waals surface area (Å²) in [5.41, 5.74) is 2.33. The van der Waals surface area contributed by atoms with Gasteiger partial charge in [-0.2, -0.15) is 5.10 Å². The van der Waals surface area contributed by atoms with Gasteiger partial charge in [0.05, 0.1) is 34.5 Å². The number of benzene rings is 1. The summed E-state index contributed by atoms with van der Waals surface area (Å²) >= 11 is 0. The van der Waals surface area contributed by atoms with Crippen LogP contribution >= 0.6 is 0 Å². The van der Waals surface area contributed by atoms with Gasteiger partial charge in [-0.1, -0.05) is 12.1 Å². The number of hydrogen-bond acceptors (Lipinski definition) is 8. The van der Waals surface area contributed by atoms with Crippen molar-refractivity contribution in [3.8, 4) is 11.4 Å². The molecular weight excluding hydrogens is 472 g/mol. The second kappa shape index (κ2) is 9.56. The van der Waals surface area contributed by atoms with Gasteiger partial charge in [0.15, 0.2) is 15.5 Å². The first kappa shape index (κ1) is 23.1. The summed E-state index contributed by atoms with van der Waals surface area (Å²) in [6.45, 7) is 4.35. The van der Waals surface area contributed by atoms with E-state index in [1.165, 1.54) is 24.3 Å². The minimum Gasteiger partial charge on any atom is -0.379 e. The van der Waals surface area contributed by atoms with Gasteiger partial charge in [-0.25, -0.2) is 13.4 Å². The monoisotopic (exact) mass is 496 g/mol. The smallest absolute Gasteiger partial charge is 0.269 e. The van der Waals surface area contributed by atoms with Gasteiger partial charge < -0.3 is 9.30 Å². The van der Waals surface area contributed by atoms with Crippen LogP contribution in [0, 0.1) is 10.1 Å². The number of morpholine rings is 1. The Morgan fingerprint density at radius 3 is 2.63 bits per heavy atom. The Hall–Kier alpha value is -3.61. The van der Waals surface area contributed by atoms with E-state index in [0.717, 1.165) is 25.0 Å². The highest BCUT2D eigenvalue weighted by Crippen LogP contribution is 2.30. The average molecular weight is 497 g/mol. The standard InChI is InChI=1S/C23H24N6O5S/c30-29(31)18-5-3-17(4-6-18)16-35(32,33)19-14-21(22-20-2-1-7-24-23(20)26-25-22)28(15-19)9-8-27-10-12-34-13-11-27/h1-7,14-15H,8-13,16H2,(H,24,25,26). The van der Waals surface area contributed by atoms with Crippen molar-refractivity contribution in [3.05, 3.63) is 70.5 Å². The number of H-pyrrole nitrogens is 1. The highest BCUT2D eigenvalue weighted by atomic mass is 32.2. The van der Waals surface area contributed by atoms with Crippen molar-refractivity contribution >= 4 is 26.6 Å². The highest BCUT2D eigenvalue weighted by Gasteiger charge is 2.23. The average Bonchev–Trinajstić information content (AvgIpc) is 3.48. The van der Waals surface area contributed by atoms with Crippen LogP contribution in [0.2, 0.25) is 0 Å². The molecule has 1 aliphatic heterocycles. The first-order valence-electron chi connectivity index (χ1n) is 11.2. The predicted molar refractivity (Wildman–Crippen MR) is 129 cm³/mol. The lowest BCUT2D eigenvalue weighted by Gasteiger charge is -2.26. The number of pyridine rings is 1. The van der Waals surface area contributed by atoms with Crippen LogP contribution in [0.3, 0.4) is 0 Å². The molecule has 11 nitrogen and oxygen atoms in total. The third-order valence-electron chi connectivity index (χ3n) is 6.07. The molecule has 0 aliphatic carbocycles. The zero-order valence-corrected chi connectivity index (χ0v) is 19.6. The minimum absolute atomic E-state index is 0.0817. The molecule has 4 aromatic rings. The SMILES string of the molecule is O=[N+]([O-])c1ccc(CS(=O)(=O)c2cc(-c3n[nH]c4ncccc34)n(CCN3CCOCC3)c2)cc1. The normalized spacial score (nSPS) is 15.0. The molecular formula is C23H24N6O5S. The lowest BCUT2D eigenvalue weighted by molar-refractivity contribution is -0.384. The zero-order chi connectivity index (χ0) is 24.4. The van der Waals surface area contributed by atoms with Gasteiger partial charge in [0.1, 0.15) is 5.69 Å². The first-order valence-corrected chi connectivity index (χ1v) is 12.8. The van der Waals surface area contributed by atoms with E-state index >= 15 is 0 Å². The van der Waals surface area contributed by atoms with E-state index in [9.17, 15) is 18.5 Å². The molecule has 0 atom stereocenters. The van der Waals surface area contributed by atoms with Crippen molar-refractivity contribution in [1.29, 1.82) is 0 Å². The number of nitrogens with zero attached hydrogens (tertiary/aromatic N) is 5. The largest absolute Gasteiger partial charge is 0.379 e. The molecule has 0 spiro atoms. The van der Waals surface area contributed by atoms with Gasteiger partial charge >= 0.3 is 0 Å². The van der Waals surface area contributed by atoms with Crippen LogP contribution in [0.4, 0.5) is 5.69 Å². The Balaban J connectivity index is 1.48.